The van der Waals surface area contributed by atoms with Crippen LogP contribution >= 0.6 is 0 Å². The number of hydrogen-bond acceptors (Lipinski definition) is 5. The van der Waals surface area contributed by atoms with Crippen molar-refractivity contribution < 1.29 is 4.74 Å². The zero-order valence-electron chi connectivity index (χ0n) is 14.7. The van der Waals surface area contributed by atoms with Gasteiger partial charge in [0.15, 0.2) is 0 Å². The Morgan fingerprint density at radius 2 is 2.12 bits per heavy atom. The monoisotopic (exact) mass is 332 g/mol. The molecule has 3 N–H and O–H groups in total. The number of anilines is 1. The normalized spacial score (nSPS) is 24.0. The number of rotatable bonds is 5. The number of nitrogens with zero attached hydrogens (tertiary/aromatic N) is 1. The molecule has 6 heteroatoms. The van der Waals surface area contributed by atoms with Gasteiger partial charge >= 0.3 is 0 Å². The van der Waals surface area contributed by atoms with Gasteiger partial charge in [-0.3, -0.25) is 4.79 Å². The van der Waals surface area contributed by atoms with Crippen LogP contribution in [-0.2, 0) is 11.2 Å². The van der Waals surface area contributed by atoms with E-state index in [2.05, 4.69) is 29.1 Å². The lowest BCUT2D eigenvalue weighted by molar-refractivity contribution is -0.0553. The third-order valence-electron chi connectivity index (χ3n) is 5.14. The molecule has 2 fully saturated rings. The molecule has 2 heterocycles. The van der Waals surface area contributed by atoms with Gasteiger partial charge in [0.25, 0.3) is 5.56 Å². The fraction of sp³-hybridized carbons (Fsp3) is 0.722. The summed E-state index contributed by atoms with van der Waals surface area (Å²) in [6.45, 7) is 4.85. The highest BCUT2D eigenvalue weighted by Gasteiger charge is 2.29. The molecule has 0 amide bonds. The summed E-state index contributed by atoms with van der Waals surface area (Å²) in [4.78, 5) is 19.8. The van der Waals surface area contributed by atoms with Crippen molar-refractivity contribution in [3.8, 4) is 0 Å². The minimum absolute atomic E-state index is 0.172. The number of nitrogens with one attached hydrogen (secondary N) is 3. The average molecular weight is 332 g/mol. The lowest BCUT2D eigenvalue weighted by Crippen LogP contribution is -2.40. The summed E-state index contributed by atoms with van der Waals surface area (Å²) in [6, 6.07) is 0.209. The molecule has 24 heavy (non-hydrogen) atoms. The first-order valence-corrected chi connectivity index (χ1v) is 9.01. The molecular formula is C18H28N4O2. The van der Waals surface area contributed by atoms with Crippen LogP contribution in [-0.4, -0.2) is 34.4 Å². The zero-order valence-corrected chi connectivity index (χ0v) is 14.7. The Labute approximate surface area is 142 Å². The highest BCUT2D eigenvalue weighted by atomic mass is 16.5. The lowest BCUT2D eigenvalue weighted by atomic mass is 9.94. The Hall–Kier alpha value is -1.69. The molecule has 2 aliphatic rings. The summed E-state index contributed by atoms with van der Waals surface area (Å²) in [5, 5.41) is 11.0. The van der Waals surface area contributed by atoms with Crippen LogP contribution in [0.2, 0.25) is 0 Å². The number of H-pyrrole nitrogens is 1. The van der Waals surface area contributed by atoms with E-state index in [0.29, 0.717) is 23.9 Å². The van der Waals surface area contributed by atoms with Crippen molar-refractivity contribution in [3.05, 3.63) is 21.7 Å². The first-order chi connectivity index (χ1) is 11.5. The number of ether oxygens (including phenoxy) is 1. The summed E-state index contributed by atoms with van der Waals surface area (Å²) < 4.78 is 5.75. The second kappa shape index (κ2) is 7.05. The standard InChI is InChI=1S/C18H28N4O2/c1-18(2)10-13(7-8-24-18)20-16-14(11-19)17(23)22-15(21-16)9-12-5-3-4-6-12/h11-13,19H,3-10H2,1-2H3,(H2,20,21,22,23). The number of aromatic amines is 1. The van der Waals surface area contributed by atoms with Gasteiger partial charge in [0, 0.05) is 25.3 Å². The topological polar surface area (TPSA) is 90.9 Å². The first kappa shape index (κ1) is 17.1. The molecule has 0 aromatic carbocycles. The van der Waals surface area contributed by atoms with Gasteiger partial charge in [0.05, 0.1) is 11.2 Å². The molecule has 1 saturated heterocycles. The maximum atomic E-state index is 12.3. The second-order valence-electron chi connectivity index (χ2n) is 7.72. The molecule has 1 saturated carbocycles. The van der Waals surface area contributed by atoms with Crippen LogP contribution in [0.3, 0.4) is 0 Å². The van der Waals surface area contributed by atoms with Gasteiger partial charge in [0.1, 0.15) is 11.6 Å². The summed E-state index contributed by atoms with van der Waals surface area (Å²) in [7, 11) is 0. The van der Waals surface area contributed by atoms with Crippen LogP contribution in [0.5, 0.6) is 0 Å². The van der Waals surface area contributed by atoms with E-state index in [0.717, 1.165) is 31.3 Å². The fourth-order valence-corrected chi connectivity index (χ4v) is 3.91. The SMILES string of the molecule is CC1(C)CC(Nc2nc(CC3CCCC3)[nH]c(=O)c2C=N)CCO1. The van der Waals surface area contributed by atoms with Gasteiger partial charge in [-0.2, -0.15) is 0 Å². The fourth-order valence-electron chi connectivity index (χ4n) is 3.91. The molecule has 1 aliphatic carbocycles. The quantitative estimate of drug-likeness (QED) is 0.723. The minimum atomic E-state index is -0.221. The third-order valence-corrected chi connectivity index (χ3v) is 5.14. The molecule has 132 valence electrons. The van der Waals surface area contributed by atoms with E-state index in [9.17, 15) is 4.79 Å². The van der Waals surface area contributed by atoms with Gasteiger partial charge in [-0.15, -0.1) is 0 Å². The molecule has 6 nitrogen and oxygen atoms in total. The van der Waals surface area contributed by atoms with Crippen molar-refractivity contribution in [1.29, 1.82) is 5.41 Å². The zero-order chi connectivity index (χ0) is 17.2. The Balaban J connectivity index is 1.80. The van der Waals surface area contributed by atoms with Gasteiger partial charge in [-0.25, -0.2) is 4.98 Å². The molecule has 3 rings (SSSR count). The Morgan fingerprint density at radius 3 is 2.79 bits per heavy atom. The van der Waals surface area contributed by atoms with Gasteiger partial charge in [0.2, 0.25) is 0 Å². The molecule has 0 spiro atoms. The summed E-state index contributed by atoms with van der Waals surface area (Å²) in [5.41, 5.74) is -0.0782. The van der Waals surface area contributed by atoms with Gasteiger partial charge < -0.3 is 20.4 Å². The molecule has 1 aromatic heterocycles. The van der Waals surface area contributed by atoms with Gasteiger partial charge in [-0.05, 0) is 32.6 Å². The van der Waals surface area contributed by atoms with Crippen LogP contribution in [0.25, 0.3) is 0 Å². The predicted octanol–water partition coefficient (Wildman–Crippen LogP) is 2.87. The van der Waals surface area contributed by atoms with Crippen molar-refractivity contribution in [3.63, 3.8) is 0 Å². The molecule has 1 aromatic rings. The highest BCUT2D eigenvalue weighted by Crippen LogP contribution is 2.28. The van der Waals surface area contributed by atoms with Crippen molar-refractivity contribution in [2.75, 3.05) is 11.9 Å². The lowest BCUT2D eigenvalue weighted by Gasteiger charge is -2.36. The smallest absolute Gasteiger partial charge is 0.261 e. The average Bonchev–Trinajstić information content (AvgIpc) is 2.99. The summed E-state index contributed by atoms with van der Waals surface area (Å²) in [6.07, 6.45) is 8.63. The van der Waals surface area contributed by atoms with Crippen molar-refractivity contribution >= 4 is 12.0 Å². The van der Waals surface area contributed by atoms with E-state index in [-0.39, 0.29) is 17.2 Å². The maximum absolute atomic E-state index is 12.3. The Bertz CT molecular complexity index is 647. The van der Waals surface area contributed by atoms with E-state index >= 15 is 0 Å². The summed E-state index contributed by atoms with van der Waals surface area (Å²) >= 11 is 0. The molecule has 0 radical (unpaired) electrons. The first-order valence-electron chi connectivity index (χ1n) is 9.01. The summed E-state index contributed by atoms with van der Waals surface area (Å²) in [5.74, 6) is 1.91. The minimum Gasteiger partial charge on any atom is -0.375 e. The highest BCUT2D eigenvalue weighted by molar-refractivity contribution is 5.83. The van der Waals surface area contributed by atoms with Crippen molar-refractivity contribution in [2.24, 2.45) is 5.92 Å². The third kappa shape index (κ3) is 4.04. The van der Waals surface area contributed by atoms with E-state index < -0.39 is 0 Å². The number of hydrogen-bond donors (Lipinski definition) is 3. The van der Waals surface area contributed by atoms with Crippen LogP contribution in [0.1, 0.15) is 63.8 Å². The van der Waals surface area contributed by atoms with Crippen LogP contribution < -0.4 is 10.9 Å². The van der Waals surface area contributed by atoms with Gasteiger partial charge in [-0.1, -0.05) is 25.7 Å². The van der Waals surface area contributed by atoms with E-state index in [4.69, 9.17) is 10.1 Å². The van der Waals surface area contributed by atoms with Crippen LogP contribution in [0.4, 0.5) is 5.82 Å². The molecule has 1 aliphatic heterocycles. The Morgan fingerprint density at radius 1 is 1.38 bits per heavy atom. The maximum Gasteiger partial charge on any atom is 0.261 e. The van der Waals surface area contributed by atoms with Crippen molar-refractivity contribution in [1.82, 2.24) is 9.97 Å². The molecule has 1 unspecified atom stereocenters. The molecule has 0 bridgehead atoms. The molecular weight excluding hydrogens is 304 g/mol. The van der Waals surface area contributed by atoms with E-state index in [1.54, 1.807) is 0 Å². The van der Waals surface area contributed by atoms with Crippen LogP contribution in [0.15, 0.2) is 4.79 Å². The predicted molar refractivity (Wildman–Crippen MR) is 95.1 cm³/mol. The van der Waals surface area contributed by atoms with E-state index in [1.165, 1.54) is 25.7 Å². The van der Waals surface area contributed by atoms with Crippen molar-refractivity contribution in [2.45, 2.75) is 70.4 Å². The van der Waals surface area contributed by atoms with E-state index in [1.807, 2.05) is 0 Å². The largest absolute Gasteiger partial charge is 0.375 e. The van der Waals surface area contributed by atoms with Crippen LogP contribution in [0, 0.1) is 11.3 Å². The second-order valence-corrected chi connectivity index (χ2v) is 7.72. The Kier molecular flexibility index (Phi) is 5.04. The molecule has 1 atom stereocenters. The number of aromatic nitrogens is 2.